The third kappa shape index (κ3) is 8.01. The van der Waals surface area contributed by atoms with Crippen LogP contribution in [-0.4, -0.2) is 112 Å². The molecule has 2 aliphatic heterocycles. The normalized spacial score (nSPS) is 30.1. The highest BCUT2D eigenvalue weighted by Crippen LogP contribution is 2.57. The summed E-state index contributed by atoms with van der Waals surface area (Å²) in [6.45, 7) is -0.868. The zero-order chi connectivity index (χ0) is 31.6. The zero-order valence-electron chi connectivity index (χ0n) is 21.6. The smallest absolute Gasteiger partial charge is 0.481 e. The number of phosphoric acid groups is 1. The number of carbonyl (C=O) groups excluding carboxylic acids is 1. The van der Waals surface area contributed by atoms with Crippen molar-refractivity contribution in [1.82, 2.24) is 14.9 Å². The highest BCUT2D eigenvalue weighted by molar-refractivity contribution is 7.57. The molecular weight excluding hydrogens is 614 g/mol. The summed E-state index contributed by atoms with van der Waals surface area (Å²) in [6.07, 6.45) is -9.03. The van der Waals surface area contributed by atoms with Crippen LogP contribution in [-0.2, 0) is 32.4 Å². The van der Waals surface area contributed by atoms with Gasteiger partial charge in [0.1, 0.15) is 36.3 Å². The van der Waals surface area contributed by atoms with E-state index < -0.39 is 100 Å². The monoisotopic (exact) mass is 644 g/mol. The van der Waals surface area contributed by atoms with Gasteiger partial charge in [0.05, 0.1) is 19.3 Å². The number of aliphatic hydroxyl groups excluding tert-OH is 5. The average molecular weight is 644 g/mol. The molecule has 42 heavy (non-hydrogen) atoms. The molecule has 0 bridgehead atoms. The first-order valence-corrected chi connectivity index (χ1v) is 15.0. The molecular formula is C20H30N4O16P2. The summed E-state index contributed by atoms with van der Waals surface area (Å²) in [5.74, 6) is -1.66. The first kappa shape index (κ1) is 33.8. The van der Waals surface area contributed by atoms with Crippen LogP contribution in [0.1, 0.15) is 13.2 Å². The molecule has 1 amide bonds. The SMILES string of the molecule is CC(=O)N[C@@H]1C=C/C(=C(/OP(=O)(O)OC[C@H]2O[C@@H](n3ccc(N)nc3=O)[C@H](O)[C@@H]2O)P(=O)(O)O)OC1[C@H](O)[C@H](O)CO. The fourth-order valence-electron chi connectivity index (χ4n) is 3.92. The number of anilines is 1. The number of nitrogens with one attached hydrogen (secondary N) is 1. The fourth-order valence-corrected chi connectivity index (χ4v) is 5.76. The number of nitrogen functional groups attached to an aromatic ring is 1. The molecule has 20 nitrogen and oxygen atoms in total. The predicted molar refractivity (Wildman–Crippen MR) is 135 cm³/mol. The Bertz CT molecular complexity index is 1360. The summed E-state index contributed by atoms with van der Waals surface area (Å²) in [5, 5.41) is 52.3. The van der Waals surface area contributed by atoms with E-state index in [1.807, 2.05) is 0 Å². The lowest BCUT2D eigenvalue weighted by molar-refractivity contribution is -0.123. The lowest BCUT2D eigenvalue weighted by Crippen LogP contribution is -2.53. The number of hydrogen-bond acceptors (Lipinski definition) is 15. The van der Waals surface area contributed by atoms with E-state index >= 15 is 0 Å². The van der Waals surface area contributed by atoms with Gasteiger partial charge in [0, 0.05) is 13.1 Å². The summed E-state index contributed by atoms with van der Waals surface area (Å²) in [4.78, 5) is 56.9. The van der Waals surface area contributed by atoms with Gasteiger partial charge < -0.3 is 60.4 Å². The lowest BCUT2D eigenvalue weighted by atomic mass is 9.98. The Morgan fingerprint density at radius 1 is 1.24 bits per heavy atom. The Morgan fingerprint density at radius 2 is 1.90 bits per heavy atom. The summed E-state index contributed by atoms with van der Waals surface area (Å²) in [6, 6.07) is 0.0104. The maximum atomic E-state index is 12.7. The van der Waals surface area contributed by atoms with Crippen LogP contribution in [0.4, 0.5) is 5.82 Å². The number of rotatable bonds is 11. The van der Waals surface area contributed by atoms with E-state index in [0.29, 0.717) is 0 Å². The van der Waals surface area contributed by atoms with Gasteiger partial charge in [0.25, 0.3) is 5.50 Å². The number of amides is 1. The van der Waals surface area contributed by atoms with Crippen molar-refractivity contribution < 1.29 is 72.7 Å². The molecule has 0 saturated carbocycles. The molecule has 0 spiro atoms. The number of aromatic nitrogens is 2. The fraction of sp³-hybridized carbons (Fsp3) is 0.550. The maximum absolute atomic E-state index is 12.7. The minimum atomic E-state index is -5.59. The van der Waals surface area contributed by atoms with E-state index in [4.69, 9.17) is 24.8 Å². The van der Waals surface area contributed by atoms with E-state index in [9.17, 15) is 53.8 Å². The largest absolute Gasteiger partial charge is 0.527 e. The molecule has 1 saturated heterocycles. The summed E-state index contributed by atoms with van der Waals surface area (Å²) >= 11 is 0. The highest BCUT2D eigenvalue weighted by atomic mass is 31.2. The van der Waals surface area contributed by atoms with Crippen molar-refractivity contribution in [2.24, 2.45) is 0 Å². The van der Waals surface area contributed by atoms with E-state index in [0.717, 1.165) is 29.8 Å². The van der Waals surface area contributed by atoms with Crippen molar-refractivity contribution in [3.63, 3.8) is 0 Å². The molecule has 22 heteroatoms. The van der Waals surface area contributed by atoms with Gasteiger partial charge in [-0.2, -0.15) is 4.98 Å². The van der Waals surface area contributed by atoms with Crippen LogP contribution in [0.15, 0.2) is 40.5 Å². The van der Waals surface area contributed by atoms with Crippen molar-refractivity contribution in [1.29, 1.82) is 0 Å². The molecule has 1 aromatic heterocycles. The number of allylic oxidation sites excluding steroid dienone is 1. The van der Waals surface area contributed by atoms with E-state index in [-0.39, 0.29) is 5.82 Å². The summed E-state index contributed by atoms with van der Waals surface area (Å²) in [5.41, 5.74) is 2.91. The molecule has 3 rings (SSSR count). The van der Waals surface area contributed by atoms with Crippen molar-refractivity contribution in [3.8, 4) is 0 Å². The second-order valence-electron chi connectivity index (χ2n) is 9.07. The van der Waals surface area contributed by atoms with Crippen LogP contribution in [0.3, 0.4) is 0 Å². The van der Waals surface area contributed by atoms with Gasteiger partial charge in [-0.3, -0.25) is 23.3 Å². The number of carbonyl (C=O) groups is 1. The van der Waals surface area contributed by atoms with Gasteiger partial charge >= 0.3 is 21.1 Å². The second-order valence-corrected chi connectivity index (χ2v) is 11.9. The number of nitrogens with zero attached hydrogens (tertiary/aromatic N) is 2. The molecule has 0 aliphatic carbocycles. The van der Waals surface area contributed by atoms with E-state index in [1.165, 1.54) is 6.07 Å². The lowest BCUT2D eigenvalue weighted by Gasteiger charge is -2.35. The molecule has 0 aromatic carbocycles. The minimum absolute atomic E-state index is 0.134. The Balaban J connectivity index is 1.82. The van der Waals surface area contributed by atoms with Crippen LogP contribution in [0.5, 0.6) is 0 Å². The number of hydrogen-bond donors (Lipinski definition) is 10. The van der Waals surface area contributed by atoms with Gasteiger partial charge in [0.2, 0.25) is 5.91 Å². The topological polar surface area (TPSA) is 323 Å². The molecule has 2 unspecified atom stereocenters. The molecule has 1 fully saturated rings. The number of nitrogens with two attached hydrogens (primary N) is 1. The molecule has 236 valence electrons. The van der Waals surface area contributed by atoms with Gasteiger partial charge in [0.15, 0.2) is 18.1 Å². The second kappa shape index (κ2) is 13.3. The molecule has 2 aliphatic rings. The Morgan fingerprint density at radius 3 is 2.48 bits per heavy atom. The predicted octanol–water partition coefficient (Wildman–Crippen LogP) is -3.90. The van der Waals surface area contributed by atoms with Gasteiger partial charge in [-0.15, -0.1) is 0 Å². The first-order valence-electron chi connectivity index (χ1n) is 11.9. The Kier molecular flexibility index (Phi) is 10.7. The maximum Gasteiger partial charge on any atom is 0.527 e. The number of phosphoric ester groups is 1. The molecule has 0 radical (unpaired) electrons. The van der Waals surface area contributed by atoms with Gasteiger partial charge in [-0.1, -0.05) is 6.08 Å². The van der Waals surface area contributed by atoms with Crippen LogP contribution in [0, 0.1) is 0 Å². The number of aliphatic hydroxyl groups is 5. The highest BCUT2D eigenvalue weighted by Gasteiger charge is 2.46. The van der Waals surface area contributed by atoms with Crippen molar-refractivity contribution >= 4 is 27.1 Å². The summed E-state index contributed by atoms with van der Waals surface area (Å²) < 4.78 is 45.7. The molecule has 1 aromatic rings. The van der Waals surface area contributed by atoms with E-state index in [2.05, 4.69) is 14.8 Å². The molecule has 9 atom stereocenters. The Hall–Kier alpha value is -2.71. The van der Waals surface area contributed by atoms with Gasteiger partial charge in [-0.05, 0) is 12.1 Å². The van der Waals surface area contributed by atoms with Crippen LogP contribution < -0.4 is 16.7 Å². The third-order valence-corrected chi connectivity index (χ3v) is 7.78. The molecule has 3 heterocycles. The molecule has 11 N–H and O–H groups in total. The third-order valence-electron chi connectivity index (χ3n) is 5.90. The van der Waals surface area contributed by atoms with Crippen molar-refractivity contribution in [2.45, 2.75) is 55.8 Å². The van der Waals surface area contributed by atoms with E-state index in [1.54, 1.807) is 0 Å². The summed E-state index contributed by atoms with van der Waals surface area (Å²) in [7, 11) is -11.1. The minimum Gasteiger partial charge on any atom is -0.481 e. The standard InChI is InChI=1S/C20H30N4O16P2/c1-8(26)22-9-2-3-11(38-17(9)14(28)10(27)6-25)19(41(32,33)34)40-42(35,36)37-7-12-15(29)16(30)18(39-12)24-5-4-13(21)23-20(24)31/h2-5,9-10,12,14-18,25,27-30H,6-7H2,1H3,(H,22,26)(H,35,36)(H2,21,23,31)(H2,32,33,34)/b19-11+/t9-,10-,12-,14-,15-,16-,17?,18-/m1/s1. The van der Waals surface area contributed by atoms with Crippen LogP contribution >= 0.6 is 15.4 Å². The Labute approximate surface area is 236 Å². The van der Waals surface area contributed by atoms with Crippen LogP contribution in [0.25, 0.3) is 0 Å². The van der Waals surface area contributed by atoms with Crippen molar-refractivity contribution in [3.05, 3.63) is 46.2 Å². The average Bonchev–Trinajstić information content (AvgIpc) is 3.18. The number of ether oxygens (including phenoxy) is 2. The van der Waals surface area contributed by atoms with Crippen molar-refractivity contribution in [2.75, 3.05) is 18.9 Å². The van der Waals surface area contributed by atoms with Crippen LogP contribution in [0.2, 0.25) is 0 Å². The van der Waals surface area contributed by atoms with Gasteiger partial charge in [-0.25, -0.2) is 9.36 Å². The quantitative estimate of drug-likeness (QED) is 0.0812. The first-order chi connectivity index (χ1) is 19.4. The zero-order valence-corrected chi connectivity index (χ0v) is 23.3.